The molecule has 5 heteroatoms. The molecule has 0 unspecified atom stereocenters. The summed E-state index contributed by atoms with van der Waals surface area (Å²) < 4.78 is 0. The van der Waals surface area contributed by atoms with Crippen LogP contribution in [0, 0.1) is 5.92 Å². The summed E-state index contributed by atoms with van der Waals surface area (Å²) >= 11 is -0.139. The highest BCUT2D eigenvalue weighted by Crippen LogP contribution is 2.40. The maximum Gasteiger partial charge on any atom is 0.251 e. The Labute approximate surface area is 174 Å². The predicted molar refractivity (Wildman–Crippen MR) is 121 cm³/mol. The van der Waals surface area contributed by atoms with E-state index in [1.807, 2.05) is 4.90 Å². The Hall–Kier alpha value is -1.54. The van der Waals surface area contributed by atoms with Crippen molar-refractivity contribution in [3.05, 3.63) is 41.6 Å². The third-order valence-electron chi connectivity index (χ3n) is 5.66. The number of aromatic nitrogens is 1. The van der Waals surface area contributed by atoms with Crippen LogP contribution in [0.1, 0.15) is 25.0 Å². The van der Waals surface area contributed by atoms with Crippen LogP contribution in [-0.2, 0) is 11.2 Å². The zero-order chi connectivity index (χ0) is 20.4. The Morgan fingerprint density at radius 2 is 1.93 bits per heavy atom. The average molecular weight is 396 g/mol. The van der Waals surface area contributed by atoms with Crippen LogP contribution in [0.15, 0.2) is 30.5 Å². The average Bonchev–Trinajstić information content (AvgIpc) is 3.07. The molecule has 2 atom stereocenters. The first-order chi connectivity index (χ1) is 13.4. The summed E-state index contributed by atoms with van der Waals surface area (Å²) in [6.45, 7) is 6.47. The van der Waals surface area contributed by atoms with Crippen molar-refractivity contribution in [1.82, 2.24) is 14.8 Å². The van der Waals surface area contributed by atoms with Crippen LogP contribution < -0.4 is 0 Å². The molecule has 0 saturated carbocycles. The highest BCUT2D eigenvalue weighted by Gasteiger charge is 2.36. The van der Waals surface area contributed by atoms with Gasteiger partial charge < -0.3 is 9.88 Å². The van der Waals surface area contributed by atoms with E-state index in [2.05, 4.69) is 78.6 Å². The van der Waals surface area contributed by atoms with Gasteiger partial charge in [-0.05, 0) is 50.1 Å². The van der Waals surface area contributed by atoms with Crippen molar-refractivity contribution < 1.29 is 4.79 Å². The quantitative estimate of drug-likeness (QED) is 0.788. The fourth-order valence-corrected chi connectivity index (χ4v) is 4.38. The Morgan fingerprint density at radius 3 is 2.57 bits per heavy atom. The maximum atomic E-state index is 12.9. The van der Waals surface area contributed by atoms with E-state index >= 15 is 0 Å². The number of benzene rings is 1. The van der Waals surface area contributed by atoms with Gasteiger partial charge in [-0.3, -0.25) is 9.69 Å². The van der Waals surface area contributed by atoms with E-state index in [0.29, 0.717) is 6.04 Å². The molecule has 4 rings (SSSR count). The molecule has 2 aliphatic rings. The molecule has 1 amide bonds. The number of rotatable bonds is 3. The largest absolute Gasteiger partial charge is 0.361 e. The summed E-state index contributed by atoms with van der Waals surface area (Å²) in [6, 6.07) is 6.82. The van der Waals surface area contributed by atoms with Crippen LogP contribution in [0.25, 0.3) is 16.5 Å². The van der Waals surface area contributed by atoms with Gasteiger partial charge in [0.05, 0.1) is 5.92 Å². The topological polar surface area (TPSA) is 39.3 Å². The number of aromatic amines is 1. The minimum absolute atomic E-state index is 0.0445. The molecule has 0 bridgehead atoms. The van der Waals surface area contributed by atoms with Crippen molar-refractivity contribution in [1.29, 1.82) is 0 Å². The van der Waals surface area contributed by atoms with Crippen molar-refractivity contribution in [3.8, 4) is 0 Å². The Kier molecular flexibility index (Phi) is 6.70. The van der Waals surface area contributed by atoms with Crippen LogP contribution in [-0.4, -0.2) is 67.6 Å². The molecule has 0 spiro atoms. The molecule has 2 aromatic rings. The van der Waals surface area contributed by atoms with Gasteiger partial charge in [0.2, 0.25) is 5.91 Å². The second-order valence-corrected chi connectivity index (χ2v) is 12.1. The molecule has 150 valence electrons. The van der Waals surface area contributed by atoms with E-state index in [9.17, 15) is 4.79 Å². The summed E-state index contributed by atoms with van der Waals surface area (Å²) in [6.07, 6.45) is 5.41. The number of carbonyl (C=O) groups excluding carboxylic acids is 1. The number of carbonyl (C=O) groups is 1. The van der Waals surface area contributed by atoms with Gasteiger partial charge in [-0.2, -0.15) is 0 Å². The van der Waals surface area contributed by atoms with Crippen LogP contribution in [0.5, 0.6) is 0 Å². The van der Waals surface area contributed by atoms with Crippen molar-refractivity contribution in [2.45, 2.75) is 43.7 Å². The number of likely N-dealkylation sites (N-methyl/N-ethyl adjacent to an activating group) is 1. The van der Waals surface area contributed by atoms with Crippen LogP contribution in [0.2, 0.25) is 17.4 Å². The van der Waals surface area contributed by atoms with E-state index in [1.54, 1.807) is 0 Å². The minimum atomic E-state index is -0.139. The molecule has 0 radical (unpaired) electrons. The van der Waals surface area contributed by atoms with Gasteiger partial charge in [-0.1, -0.05) is 18.2 Å². The Bertz CT molecular complexity index is 863. The summed E-state index contributed by atoms with van der Waals surface area (Å²) in [5, 5.41) is 1.34. The van der Waals surface area contributed by atoms with Gasteiger partial charge in [0.25, 0.3) is 14.1 Å². The van der Waals surface area contributed by atoms with Gasteiger partial charge >= 0.3 is 0 Å². The van der Waals surface area contributed by atoms with Gasteiger partial charge in [-0.25, -0.2) is 0 Å². The summed E-state index contributed by atoms with van der Waals surface area (Å²) in [4.78, 5) is 20.6. The number of hydrogen-bond acceptors (Lipinski definition) is 2. The highest BCUT2D eigenvalue weighted by atomic mass is 27.2. The summed E-state index contributed by atoms with van der Waals surface area (Å²) in [5.74, 6) is 7.13. The van der Waals surface area contributed by atoms with Crippen LogP contribution >= 0.6 is 0 Å². The minimum Gasteiger partial charge on any atom is -0.361 e. The molecule has 4 nitrogen and oxygen atoms in total. The second kappa shape index (κ2) is 8.86. The number of H-pyrrole nitrogens is 1. The van der Waals surface area contributed by atoms with Crippen molar-refractivity contribution >= 4 is 36.5 Å². The molecule has 0 saturated heterocycles. The first-order valence-corrected chi connectivity index (χ1v) is 14.1. The number of nitrogens with zero attached hydrogens (tertiary/aromatic N) is 2. The molecule has 2 heterocycles. The molecule has 1 aliphatic carbocycles. The molecular weight excluding hydrogens is 361 g/mol. The fraction of sp³-hybridized carbons (Fsp3) is 0.522. The Morgan fingerprint density at radius 1 is 1.25 bits per heavy atom. The van der Waals surface area contributed by atoms with E-state index in [1.165, 1.54) is 27.6 Å². The molecule has 28 heavy (non-hydrogen) atoms. The van der Waals surface area contributed by atoms with Crippen molar-refractivity contribution in [3.63, 3.8) is 0 Å². The molecule has 1 N–H and O–H groups in total. The first-order valence-electron chi connectivity index (χ1n) is 10.7. The van der Waals surface area contributed by atoms with E-state index in [-0.39, 0.29) is 26.0 Å². The summed E-state index contributed by atoms with van der Waals surface area (Å²) in [5.41, 5.74) is 5.21. The number of nitrogens with one attached hydrogen (secondary N) is 1. The van der Waals surface area contributed by atoms with Gasteiger partial charge in [-0.15, -0.1) is 17.4 Å². The first kappa shape index (κ1) is 21.2. The number of fused-ring (bicyclic) bond motifs is 2. The third-order valence-corrected chi connectivity index (χ3v) is 5.66. The highest BCUT2D eigenvalue weighted by molar-refractivity contribution is 6.54. The zero-order valence-electron chi connectivity index (χ0n) is 18.2. The number of hydrogen-bond donors (Lipinski definition) is 1. The molecular formula is C23H34AlN3O. The predicted octanol–water partition coefficient (Wildman–Crippen LogP) is 4.28. The van der Waals surface area contributed by atoms with Crippen LogP contribution in [0.4, 0.5) is 0 Å². The van der Waals surface area contributed by atoms with E-state index < -0.39 is 0 Å². The normalized spacial score (nSPS) is 20.7. The summed E-state index contributed by atoms with van der Waals surface area (Å²) in [7, 11) is 2.15. The van der Waals surface area contributed by atoms with Crippen molar-refractivity contribution in [2.24, 2.45) is 5.92 Å². The molecule has 1 aromatic heterocycles. The monoisotopic (exact) mass is 395 g/mol. The van der Waals surface area contributed by atoms with Gasteiger partial charge in [0.1, 0.15) is 0 Å². The molecule has 0 fully saturated rings. The zero-order valence-corrected chi connectivity index (χ0v) is 19.4. The van der Waals surface area contributed by atoms with Crippen molar-refractivity contribution in [2.75, 3.05) is 26.7 Å². The lowest BCUT2D eigenvalue weighted by molar-refractivity contribution is -0.134. The fourth-order valence-electron chi connectivity index (χ4n) is 4.38. The Balaban J connectivity index is 0.000000516. The van der Waals surface area contributed by atoms with Crippen LogP contribution in [0.3, 0.4) is 0 Å². The van der Waals surface area contributed by atoms with E-state index in [4.69, 9.17) is 0 Å². The number of amides is 1. The van der Waals surface area contributed by atoms with Gasteiger partial charge in [0, 0.05) is 42.8 Å². The van der Waals surface area contributed by atoms with E-state index in [0.717, 1.165) is 26.1 Å². The lowest BCUT2D eigenvalue weighted by Gasteiger charge is -2.40. The smallest absolute Gasteiger partial charge is 0.251 e. The standard InChI is InChI=1S/C20H25N3O.3CH3.Al/c1-4-23(5-2)20(24)14-9-16-15-7-6-8-17-19(15)13(11-21-17)10-18(16)22(3)12-14;;;;/h6-9,11,14,18,21H,4-5,10,12H2,1-3H3;3*1H3;/t14-,18-;;;;/m1..../s1. The maximum absolute atomic E-state index is 12.9. The molecule has 1 aliphatic heterocycles. The van der Waals surface area contributed by atoms with Gasteiger partial charge in [0.15, 0.2) is 0 Å². The SMILES string of the molecule is CCN(CC)C(=O)[C@@H]1C=C2c3cccc4[nH]cc(c34)C[C@H]2N(C)C1.[CH3][Al]([CH3])[CH3]. The lowest BCUT2D eigenvalue weighted by atomic mass is 9.79. The third kappa shape index (κ3) is 4.08. The lowest BCUT2D eigenvalue weighted by Crippen LogP contribution is -2.47. The second-order valence-electron chi connectivity index (χ2n) is 8.67. The molecule has 1 aromatic carbocycles.